The molecule has 2 aliphatic rings. The van der Waals surface area contributed by atoms with E-state index in [0.717, 1.165) is 12.0 Å². The summed E-state index contributed by atoms with van der Waals surface area (Å²) in [6.07, 6.45) is 1.41. The summed E-state index contributed by atoms with van der Waals surface area (Å²) in [5, 5.41) is 3.41. The van der Waals surface area contributed by atoms with Crippen LogP contribution in [0.1, 0.15) is 6.42 Å². The van der Waals surface area contributed by atoms with Crippen LogP contribution < -0.4 is 11.5 Å². The zero-order valence-corrected chi connectivity index (χ0v) is 6.64. The van der Waals surface area contributed by atoms with Crippen molar-refractivity contribution in [2.45, 2.75) is 12.5 Å². The van der Waals surface area contributed by atoms with E-state index in [1.807, 2.05) is 0 Å². The number of nitrogens with one attached hydrogen (secondary N) is 1. The van der Waals surface area contributed by atoms with Crippen LogP contribution in [0.4, 0.5) is 0 Å². The molecule has 2 atom stereocenters. The molecule has 2 aliphatic heterocycles. The zero-order chi connectivity index (χ0) is 6.27. The summed E-state index contributed by atoms with van der Waals surface area (Å²) in [5.41, 5.74) is 0. The van der Waals surface area contributed by atoms with Gasteiger partial charge in [-0.15, -0.1) is 0 Å². The van der Waals surface area contributed by atoms with Gasteiger partial charge in [0.2, 0.25) is 0 Å². The average Bonchev–Trinajstić information content (AvgIpc) is 2.35. The Hall–Kier alpha value is -0.120. The molecule has 0 aromatic heterocycles. The fourth-order valence-electron chi connectivity index (χ4n) is 2.06. The van der Waals surface area contributed by atoms with E-state index in [2.05, 4.69) is 17.3 Å². The molecule has 4 N–H and O–H groups in total. The summed E-state index contributed by atoms with van der Waals surface area (Å²) in [6, 6.07) is 0.866. The Balaban J connectivity index is 0.000000500. The van der Waals surface area contributed by atoms with E-state index in [-0.39, 0.29) is 6.15 Å². The Morgan fingerprint density at radius 3 is 2.90 bits per heavy atom. The lowest BCUT2D eigenvalue weighted by Crippen LogP contribution is -2.30. The van der Waals surface area contributed by atoms with Gasteiger partial charge in [0.15, 0.2) is 0 Å². The largest absolute Gasteiger partial charge is 0.344 e. The quantitative estimate of drug-likeness (QED) is 0.504. The maximum absolute atomic E-state index is 3.41. The van der Waals surface area contributed by atoms with Crippen LogP contribution in [0.3, 0.4) is 0 Å². The minimum atomic E-state index is 0. The SMILES string of the molecule is CN1CC[C@@H]2CNC[C@@H]21.N. The Labute approximate surface area is 62.4 Å². The molecule has 3 heteroatoms. The van der Waals surface area contributed by atoms with Crippen molar-refractivity contribution in [3.05, 3.63) is 0 Å². The topological polar surface area (TPSA) is 50.3 Å². The van der Waals surface area contributed by atoms with E-state index in [1.54, 1.807) is 0 Å². The standard InChI is InChI=1S/C7H14N2.H3N/c1-9-3-2-6-4-8-5-7(6)9;/h6-8H,2-5H2,1H3;1H3/t6-,7+;/m1./s1. The Morgan fingerprint density at radius 2 is 2.20 bits per heavy atom. The van der Waals surface area contributed by atoms with Crippen LogP contribution >= 0.6 is 0 Å². The predicted octanol–water partition coefficient (Wildman–Crippen LogP) is 0.0719. The number of rotatable bonds is 0. The molecule has 10 heavy (non-hydrogen) atoms. The lowest BCUT2D eigenvalue weighted by Gasteiger charge is -2.16. The lowest BCUT2D eigenvalue weighted by molar-refractivity contribution is 0.308. The summed E-state index contributed by atoms with van der Waals surface area (Å²) < 4.78 is 0. The first-order valence-corrected chi connectivity index (χ1v) is 3.79. The first kappa shape index (κ1) is 7.98. The van der Waals surface area contributed by atoms with Gasteiger partial charge in [0, 0.05) is 12.6 Å². The van der Waals surface area contributed by atoms with Gasteiger partial charge in [-0.25, -0.2) is 0 Å². The Morgan fingerprint density at radius 1 is 1.40 bits per heavy atom. The van der Waals surface area contributed by atoms with Gasteiger partial charge in [-0.05, 0) is 32.5 Å². The van der Waals surface area contributed by atoms with Crippen LogP contribution in [0.2, 0.25) is 0 Å². The second-order valence-corrected chi connectivity index (χ2v) is 3.25. The van der Waals surface area contributed by atoms with E-state index in [4.69, 9.17) is 0 Å². The van der Waals surface area contributed by atoms with Crippen molar-refractivity contribution in [3.63, 3.8) is 0 Å². The summed E-state index contributed by atoms with van der Waals surface area (Å²) >= 11 is 0. The number of hydrogen-bond donors (Lipinski definition) is 2. The molecule has 0 radical (unpaired) electrons. The second-order valence-electron chi connectivity index (χ2n) is 3.25. The monoisotopic (exact) mass is 143 g/mol. The number of likely N-dealkylation sites (tertiary alicyclic amines) is 1. The van der Waals surface area contributed by atoms with Gasteiger partial charge in [-0.1, -0.05) is 0 Å². The van der Waals surface area contributed by atoms with E-state index in [9.17, 15) is 0 Å². The second kappa shape index (κ2) is 2.86. The van der Waals surface area contributed by atoms with Crippen LogP contribution in [0.25, 0.3) is 0 Å². The minimum Gasteiger partial charge on any atom is -0.344 e. The number of nitrogens with zero attached hydrogens (tertiary/aromatic N) is 1. The number of likely N-dealkylation sites (N-methyl/N-ethyl adjacent to an activating group) is 1. The number of hydrogen-bond acceptors (Lipinski definition) is 3. The van der Waals surface area contributed by atoms with Crippen molar-refractivity contribution in [1.29, 1.82) is 0 Å². The first-order valence-electron chi connectivity index (χ1n) is 3.79. The third-order valence-corrected chi connectivity index (χ3v) is 2.72. The van der Waals surface area contributed by atoms with Crippen molar-refractivity contribution in [3.8, 4) is 0 Å². The molecule has 0 unspecified atom stereocenters. The van der Waals surface area contributed by atoms with Gasteiger partial charge in [0.1, 0.15) is 0 Å². The van der Waals surface area contributed by atoms with E-state index in [0.29, 0.717) is 0 Å². The van der Waals surface area contributed by atoms with Gasteiger partial charge in [-0.2, -0.15) is 0 Å². The molecule has 0 bridgehead atoms. The van der Waals surface area contributed by atoms with Gasteiger partial charge in [0.05, 0.1) is 0 Å². The van der Waals surface area contributed by atoms with Gasteiger partial charge in [-0.3, -0.25) is 0 Å². The average molecular weight is 143 g/mol. The van der Waals surface area contributed by atoms with Gasteiger partial charge < -0.3 is 16.4 Å². The van der Waals surface area contributed by atoms with Crippen LogP contribution in [-0.4, -0.2) is 37.6 Å². The van der Waals surface area contributed by atoms with E-state index in [1.165, 1.54) is 26.1 Å². The highest BCUT2D eigenvalue weighted by atomic mass is 15.2. The normalized spacial score (nSPS) is 39.3. The molecule has 3 nitrogen and oxygen atoms in total. The lowest BCUT2D eigenvalue weighted by atomic mass is 10.1. The van der Waals surface area contributed by atoms with Gasteiger partial charge in [0.25, 0.3) is 0 Å². The van der Waals surface area contributed by atoms with E-state index < -0.39 is 0 Å². The van der Waals surface area contributed by atoms with Crippen LogP contribution in [0, 0.1) is 5.92 Å². The van der Waals surface area contributed by atoms with Crippen molar-refractivity contribution in [2.75, 3.05) is 26.7 Å². The maximum atomic E-state index is 3.41. The van der Waals surface area contributed by atoms with Crippen LogP contribution in [0.15, 0.2) is 0 Å². The fourth-order valence-corrected chi connectivity index (χ4v) is 2.06. The van der Waals surface area contributed by atoms with Crippen molar-refractivity contribution in [2.24, 2.45) is 5.92 Å². The highest BCUT2D eigenvalue weighted by Gasteiger charge is 2.34. The van der Waals surface area contributed by atoms with Crippen molar-refractivity contribution in [1.82, 2.24) is 16.4 Å². The van der Waals surface area contributed by atoms with Crippen LogP contribution in [0.5, 0.6) is 0 Å². The molecule has 0 spiro atoms. The Bertz CT molecular complexity index is 115. The molecule has 2 fully saturated rings. The summed E-state index contributed by atoms with van der Waals surface area (Å²) in [5.74, 6) is 0.968. The van der Waals surface area contributed by atoms with E-state index >= 15 is 0 Å². The molecule has 0 aromatic carbocycles. The number of fused-ring (bicyclic) bond motifs is 1. The highest BCUT2D eigenvalue weighted by molar-refractivity contribution is 4.92. The van der Waals surface area contributed by atoms with Crippen molar-refractivity contribution < 1.29 is 0 Å². The van der Waals surface area contributed by atoms with Gasteiger partial charge >= 0.3 is 0 Å². The molecular formula is C7H17N3. The zero-order valence-electron chi connectivity index (χ0n) is 6.64. The molecule has 0 amide bonds. The molecule has 0 aliphatic carbocycles. The molecule has 60 valence electrons. The fraction of sp³-hybridized carbons (Fsp3) is 1.00. The smallest absolute Gasteiger partial charge is 0.0258 e. The molecule has 2 saturated heterocycles. The molecule has 0 saturated carbocycles. The summed E-state index contributed by atoms with van der Waals surface area (Å²) in [4.78, 5) is 2.48. The molecule has 2 rings (SSSR count). The minimum absolute atomic E-state index is 0. The predicted molar refractivity (Wildman–Crippen MR) is 42.4 cm³/mol. The van der Waals surface area contributed by atoms with Crippen molar-refractivity contribution >= 4 is 0 Å². The third kappa shape index (κ3) is 1.05. The summed E-state index contributed by atoms with van der Waals surface area (Å²) in [7, 11) is 2.23. The molecule has 2 heterocycles. The Kier molecular flexibility index (Phi) is 2.28. The highest BCUT2D eigenvalue weighted by Crippen LogP contribution is 2.24. The maximum Gasteiger partial charge on any atom is 0.0258 e. The van der Waals surface area contributed by atoms with Crippen LogP contribution in [-0.2, 0) is 0 Å². The summed E-state index contributed by atoms with van der Waals surface area (Å²) in [6.45, 7) is 3.80. The molecular weight excluding hydrogens is 126 g/mol. The first-order chi connectivity index (χ1) is 4.38. The third-order valence-electron chi connectivity index (χ3n) is 2.72. The molecule has 0 aromatic rings.